The molecule has 3 heterocycles. The number of rotatable bonds is 9. The lowest BCUT2D eigenvalue weighted by Gasteiger charge is -2.31. The van der Waals surface area contributed by atoms with Crippen LogP contribution in [0, 0.1) is 0 Å². The van der Waals surface area contributed by atoms with Crippen molar-refractivity contribution in [2.45, 2.75) is 26.3 Å². The van der Waals surface area contributed by atoms with Crippen molar-refractivity contribution in [1.82, 2.24) is 15.2 Å². The second-order valence-electron chi connectivity index (χ2n) is 8.49. The molecule has 0 radical (unpaired) electrons. The van der Waals surface area contributed by atoms with Crippen LogP contribution in [-0.2, 0) is 28.9 Å². The van der Waals surface area contributed by atoms with Gasteiger partial charge in [-0.05, 0) is 65.9 Å². The van der Waals surface area contributed by atoms with Crippen LogP contribution in [-0.4, -0.2) is 48.5 Å². The molecule has 0 atom stereocenters. The van der Waals surface area contributed by atoms with Crippen molar-refractivity contribution < 1.29 is 19.0 Å². The molecule has 0 amide bonds. The Labute approximate surface area is 203 Å². The molecule has 4 aromatic rings. The molecule has 0 spiro atoms. The zero-order valence-corrected chi connectivity index (χ0v) is 19.9. The van der Waals surface area contributed by atoms with Crippen LogP contribution in [0.3, 0.4) is 0 Å². The highest BCUT2D eigenvalue weighted by atomic mass is 16.5. The molecule has 180 valence electrons. The average Bonchev–Trinajstić information content (AvgIpc) is 3.37. The highest BCUT2D eigenvalue weighted by Crippen LogP contribution is 2.34. The van der Waals surface area contributed by atoms with Crippen molar-refractivity contribution >= 4 is 23.2 Å². The topological polar surface area (TPSA) is 89.6 Å². The molecule has 0 bridgehead atoms. The molecular weight excluding hydrogens is 444 g/mol. The van der Waals surface area contributed by atoms with E-state index in [0.717, 1.165) is 65.2 Å². The number of H-pyrrole nitrogens is 1. The monoisotopic (exact) mass is 472 g/mol. The van der Waals surface area contributed by atoms with Gasteiger partial charge >= 0.3 is 0 Å². The van der Waals surface area contributed by atoms with Gasteiger partial charge in [-0.1, -0.05) is 13.0 Å². The summed E-state index contributed by atoms with van der Waals surface area (Å²) in [6, 6.07) is 14.0. The van der Waals surface area contributed by atoms with E-state index >= 15 is 0 Å². The SMILES string of the molecule is CCc1cc(OC=O)ccc1-c1cc2[nH]ncc2c(N2CCc3cc(OCCOC)ccc3C2)n1. The van der Waals surface area contributed by atoms with E-state index in [1.54, 1.807) is 13.2 Å². The Bertz CT molecular complexity index is 1350. The summed E-state index contributed by atoms with van der Waals surface area (Å²) in [4.78, 5) is 18.2. The van der Waals surface area contributed by atoms with Gasteiger partial charge in [-0.25, -0.2) is 4.98 Å². The summed E-state index contributed by atoms with van der Waals surface area (Å²) in [6.45, 7) is 5.24. The van der Waals surface area contributed by atoms with E-state index in [0.29, 0.717) is 25.4 Å². The van der Waals surface area contributed by atoms with Crippen molar-refractivity contribution in [2.24, 2.45) is 0 Å². The first-order valence-corrected chi connectivity index (χ1v) is 11.8. The van der Waals surface area contributed by atoms with Crippen molar-refractivity contribution in [3.05, 3.63) is 65.4 Å². The van der Waals surface area contributed by atoms with Crippen molar-refractivity contribution in [1.29, 1.82) is 0 Å². The molecule has 0 fully saturated rings. The molecule has 1 aliphatic heterocycles. The molecular formula is C27H28N4O4. The molecule has 2 aromatic carbocycles. The maximum Gasteiger partial charge on any atom is 0.298 e. The van der Waals surface area contributed by atoms with Crippen LogP contribution in [0.4, 0.5) is 5.82 Å². The Hall–Kier alpha value is -3.91. The molecule has 5 rings (SSSR count). The quantitative estimate of drug-likeness (QED) is 0.287. The maximum absolute atomic E-state index is 10.8. The molecule has 0 aliphatic carbocycles. The minimum absolute atomic E-state index is 0.449. The van der Waals surface area contributed by atoms with Gasteiger partial charge in [0.25, 0.3) is 6.47 Å². The van der Waals surface area contributed by atoms with E-state index in [1.807, 2.05) is 30.5 Å². The van der Waals surface area contributed by atoms with E-state index in [1.165, 1.54) is 11.1 Å². The maximum atomic E-state index is 10.8. The van der Waals surface area contributed by atoms with Crippen LogP contribution < -0.4 is 14.4 Å². The van der Waals surface area contributed by atoms with E-state index in [-0.39, 0.29) is 0 Å². The van der Waals surface area contributed by atoms with E-state index in [2.05, 4.69) is 34.2 Å². The average molecular weight is 473 g/mol. The van der Waals surface area contributed by atoms with E-state index in [4.69, 9.17) is 19.2 Å². The smallest absolute Gasteiger partial charge is 0.298 e. The Morgan fingerprint density at radius 3 is 2.80 bits per heavy atom. The number of aryl methyl sites for hydroxylation is 1. The van der Waals surface area contributed by atoms with Gasteiger partial charge in [0.05, 0.1) is 29.4 Å². The largest absolute Gasteiger partial charge is 0.491 e. The number of nitrogens with zero attached hydrogens (tertiary/aromatic N) is 3. The van der Waals surface area contributed by atoms with Gasteiger partial charge in [0.15, 0.2) is 0 Å². The number of carbonyl (C=O) groups is 1. The number of aromatic amines is 1. The number of carbonyl (C=O) groups excluding carboxylic acids is 1. The number of hydrogen-bond acceptors (Lipinski definition) is 7. The molecule has 0 saturated heterocycles. The van der Waals surface area contributed by atoms with Crippen LogP contribution in [0.25, 0.3) is 22.2 Å². The minimum Gasteiger partial charge on any atom is -0.491 e. The molecule has 2 aromatic heterocycles. The Balaban J connectivity index is 1.47. The first kappa shape index (κ1) is 22.9. The van der Waals surface area contributed by atoms with Crippen LogP contribution in [0.5, 0.6) is 11.5 Å². The summed E-state index contributed by atoms with van der Waals surface area (Å²) >= 11 is 0. The van der Waals surface area contributed by atoms with Crippen LogP contribution in [0.2, 0.25) is 0 Å². The highest BCUT2D eigenvalue weighted by molar-refractivity contribution is 5.92. The fourth-order valence-electron chi connectivity index (χ4n) is 4.59. The van der Waals surface area contributed by atoms with E-state index < -0.39 is 0 Å². The van der Waals surface area contributed by atoms with Gasteiger partial charge in [-0.2, -0.15) is 5.10 Å². The fraction of sp³-hybridized carbons (Fsp3) is 0.296. The van der Waals surface area contributed by atoms with Gasteiger partial charge in [-0.15, -0.1) is 0 Å². The molecule has 0 saturated carbocycles. The number of ether oxygens (including phenoxy) is 3. The lowest BCUT2D eigenvalue weighted by molar-refractivity contribution is -0.120. The standard InChI is InChI=1S/C27H28N4O4/c1-3-18-12-22(35-17-32)6-7-23(18)25-14-26-24(15-28-30-26)27(29-25)31-9-8-19-13-21(34-11-10-33-2)5-4-20(19)16-31/h4-7,12-15,17H,3,8-11,16H2,1-2H3,(H,28,30). The summed E-state index contributed by atoms with van der Waals surface area (Å²) < 4.78 is 15.9. The number of methoxy groups -OCH3 is 1. The summed E-state index contributed by atoms with van der Waals surface area (Å²) in [7, 11) is 1.67. The third kappa shape index (κ3) is 4.70. The third-order valence-corrected chi connectivity index (χ3v) is 6.38. The van der Waals surface area contributed by atoms with Crippen LogP contribution in [0.1, 0.15) is 23.6 Å². The van der Waals surface area contributed by atoms with Gasteiger partial charge in [-0.3, -0.25) is 9.89 Å². The predicted octanol–water partition coefficient (Wildman–Crippen LogP) is 4.31. The zero-order chi connectivity index (χ0) is 24.2. The third-order valence-electron chi connectivity index (χ3n) is 6.38. The summed E-state index contributed by atoms with van der Waals surface area (Å²) in [6.07, 6.45) is 3.53. The van der Waals surface area contributed by atoms with Crippen molar-refractivity contribution in [2.75, 3.05) is 31.8 Å². The summed E-state index contributed by atoms with van der Waals surface area (Å²) in [5.41, 5.74) is 6.44. The molecule has 8 nitrogen and oxygen atoms in total. The van der Waals surface area contributed by atoms with Crippen molar-refractivity contribution in [3.63, 3.8) is 0 Å². The lowest BCUT2D eigenvalue weighted by Crippen LogP contribution is -2.31. The first-order chi connectivity index (χ1) is 17.2. The molecule has 0 unspecified atom stereocenters. The lowest BCUT2D eigenvalue weighted by atomic mass is 9.98. The number of fused-ring (bicyclic) bond motifs is 2. The molecule has 35 heavy (non-hydrogen) atoms. The van der Waals surface area contributed by atoms with Crippen LogP contribution in [0.15, 0.2) is 48.7 Å². The zero-order valence-electron chi connectivity index (χ0n) is 19.9. The Morgan fingerprint density at radius 1 is 1.09 bits per heavy atom. The van der Waals surface area contributed by atoms with Crippen LogP contribution >= 0.6 is 0 Å². The number of hydrogen-bond donors (Lipinski definition) is 1. The summed E-state index contributed by atoms with van der Waals surface area (Å²) in [5.74, 6) is 2.31. The Morgan fingerprint density at radius 2 is 1.97 bits per heavy atom. The predicted molar refractivity (Wildman–Crippen MR) is 134 cm³/mol. The first-order valence-electron chi connectivity index (χ1n) is 11.8. The van der Waals surface area contributed by atoms with Gasteiger partial charge in [0.1, 0.15) is 23.9 Å². The molecule has 1 aliphatic rings. The minimum atomic E-state index is 0.449. The summed E-state index contributed by atoms with van der Waals surface area (Å²) in [5, 5.41) is 8.40. The number of pyridine rings is 1. The van der Waals surface area contributed by atoms with Gasteiger partial charge in [0, 0.05) is 25.8 Å². The number of benzene rings is 2. The number of aromatic nitrogens is 3. The van der Waals surface area contributed by atoms with E-state index in [9.17, 15) is 4.79 Å². The fourth-order valence-corrected chi connectivity index (χ4v) is 4.59. The normalized spacial score (nSPS) is 13.0. The van der Waals surface area contributed by atoms with Gasteiger partial charge < -0.3 is 19.1 Å². The number of anilines is 1. The molecule has 1 N–H and O–H groups in total. The van der Waals surface area contributed by atoms with Crippen molar-refractivity contribution in [3.8, 4) is 22.8 Å². The second-order valence-corrected chi connectivity index (χ2v) is 8.49. The second kappa shape index (κ2) is 10.1. The Kier molecular flexibility index (Phi) is 6.63. The number of nitrogens with one attached hydrogen (secondary N) is 1. The molecule has 8 heteroatoms. The highest BCUT2D eigenvalue weighted by Gasteiger charge is 2.22. The van der Waals surface area contributed by atoms with Gasteiger partial charge in [0.2, 0.25) is 0 Å².